The highest BCUT2D eigenvalue weighted by Crippen LogP contribution is 2.28. The van der Waals surface area contributed by atoms with Crippen molar-refractivity contribution < 1.29 is 9.53 Å². The molecule has 2 amide bonds. The van der Waals surface area contributed by atoms with Gasteiger partial charge in [-0.1, -0.05) is 18.2 Å². The molecule has 2 aliphatic heterocycles. The number of fused-ring (bicyclic) bond motifs is 1. The molecule has 27 heavy (non-hydrogen) atoms. The number of benzene rings is 1. The minimum absolute atomic E-state index is 0.0517. The van der Waals surface area contributed by atoms with E-state index >= 15 is 0 Å². The van der Waals surface area contributed by atoms with Gasteiger partial charge < -0.3 is 19.9 Å². The van der Waals surface area contributed by atoms with Gasteiger partial charge in [0.15, 0.2) is 0 Å². The second kappa shape index (κ2) is 7.40. The number of carbonyl (C=O) groups is 1. The Morgan fingerprint density at radius 1 is 1.22 bits per heavy atom. The third kappa shape index (κ3) is 3.52. The third-order valence-electron chi connectivity index (χ3n) is 5.31. The van der Waals surface area contributed by atoms with Crippen molar-refractivity contribution in [2.24, 2.45) is 0 Å². The van der Waals surface area contributed by atoms with Gasteiger partial charge in [-0.25, -0.2) is 9.78 Å². The van der Waals surface area contributed by atoms with Crippen LogP contribution in [0, 0.1) is 0 Å². The number of amides is 2. The second-order valence-electron chi connectivity index (χ2n) is 6.87. The van der Waals surface area contributed by atoms with Crippen molar-refractivity contribution in [3.05, 3.63) is 42.6 Å². The summed E-state index contributed by atoms with van der Waals surface area (Å²) in [6.07, 6.45) is 1.71. The second-order valence-corrected chi connectivity index (χ2v) is 6.87. The summed E-state index contributed by atoms with van der Waals surface area (Å²) in [5.74, 6) is 1.22. The normalized spacial score (nSPS) is 22.4. The number of piperazine rings is 1. The van der Waals surface area contributed by atoms with Crippen molar-refractivity contribution in [1.29, 1.82) is 0 Å². The summed E-state index contributed by atoms with van der Waals surface area (Å²) in [5.41, 5.74) is 0.816. The molecule has 1 aromatic heterocycles. The smallest absolute Gasteiger partial charge is 0.321 e. The summed E-state index contributed by atoms with van der Waals surface area (Å²) < 4.78 is 5.22. The van der Waals surface area contributed by atoms with E-state index < -0.39 is 0 Å². The van der Waals surface area contributed by atoms with Crippen LogP contribution in [0.2, 0.25) is 0 Å². The Morgan fingerprint density at radius 3 is 2.81 bits per heavy atom. The molecule has 8 nitrogen and oxygen atoms in total. The maximum Gasteiger partial charge on any atom is 0.321 e. The molecular weight excluding hydrogens is 344 g/mol. The maximum atomic E-state index is 12.6. The fraction of sp³-hybridized carbons (Fsp3) is 0.421. The zero-order valence-corrected chi connectivity index (χ0v) is 15.6. The fourth-order valence-electron chi connectivity index (χ4n) is 3.75. The number of urea groups is 1. The van der Waals surface area contributed by atoms with Gasteiger partial charge in [0.1, 0.15) is 0 Å². The van der Waals surface area contributed by atoms with Crippen LogP contribution in [-0.2, 0) is 0 Å². The van der Waals surface area contributed by atoms with Gasteiger partial charge in [-0.15, -0.1) is 0 Å². The van der Waals surface area contributed by atoms with Gasteiger partial charge >= 0.3 is 6.03 Å². The number of ether oxygens (including phenoxy) is 1. The summed E-state index contributed by atoms with van der Waals surface area (Å²) in [4.78, 5) is 28.0. The molecule has 0 saturated carbocycles. The van der Waals surface area contributed by atoms with E-state index in [0.29, 0.717) is 24.9 Å². The Labute approximate surface area is 158 Å². The van der Waals surface area contributed by atoms with Gasteiger partial charge in [0, 0.05) is 49.7 Å². The first kappa shape index (κ1) is 17.5. The Hall–Kier alpha value is -2.87. The largest absolute Gasteiger partial charge is 0.481 e. The van der Waals surface area contributed by atoms with Crippen molar-refractivity contribution in [2.45, 2.75) is 19.0 Å². The van der Waals surface area contributed by atoms with E-state index in [4.69, 9.17) is 4.74 Å². The van der Waals surface area contributed by atoms with Gasteiger partial charge in [0.05, 0.1) is 13.8 Å². The van der Waals surface area contributed by atoms with Crippen LogP contribution in [0.5, 0.6) is 5.88 Å². The average molecular weight is 368 g/mol. The molecule has 2 unspecified atom stereocenters. The van der Waals surface area contributed by atoms with E-state index in [2.05, 4.69) is 32.0 Å². The van der Waals surface area contributed by atoms with Gasteiger partial charge in [-0.3, -0.25) is 4.90 Å². The van der Waals surface area contributed by atoms with Crippen LogP contribution < -0.4 is 15.0 Å². The Kier molecular flexibility index (Phi) is 4.81. The molecule has 0 aliphatic carbocycles. The van der Waals surface area contributed by atoms with Gasteiger partial charge in [-0.05, 0) is 19.1 Å². The topological polar surface area (TPSA) is 73.8 Å². The van der Waals surface area contributed by atoms with Crippen LogP contribution in [0.15, 0.2) is 42.6 Å². The average Bonchev–Trinajstić information content (AvgIpc) is 3.05. The Morgan fingerprint density at radius 2 is 2.04 bits per heavy atom. The molecule has 0 bridgehead atoms. The zero-order valence-electron chi connectivity index (χ0n) is 15.6. The molecule has 0 radical (unpaired) electrons. The monoisotopic (exact) mass is 368 g/mol. The van der Waals surface area contributed by atoms with Crippen LogP contribution in [-0.4, -0.2) is 71.3 Å². The number of carbonyl (C=O) groups excluding carboxylic acids is 1. The first-order valence-electron chi connectivity index (χ1n) is 9.14. The highest BCUT2D eigenvalue weighted by Gasteiger charge is 2.42. The first-order chi connectivity index (χ1) is 13.2. The van der Waals surface area contributed by atoms with Gasteiger partial charge in [0.2, 0.25) is 11.8 Å². The maximum absolute atomic E-state index is 12.6. The minimum Gasteiger partial charge on any atom is -0.481 e. The van der Waals surface area contributed by atoms with Crippen molar-refractivity contribution in [3.63, 3.8) is 0 Å². The van der Waals surface area contributed by atoms with Crippen molar-refractivity contribution >= 4 is 17.7 Å². The predicted octanol–water partition coefficient (Wildman–Crippen LogP) is 1.87. The molecule has 142 valence electrons. The number of aromatic nitrogens is 2. The summed E-state index contributed by atoms with van der Waals surface area (Å²) >= 11 is 0. The molecular formula is C19H24N6O2. The minimum atomic E-state index is -0.0517. The molecule has 2 aliphatic rings. The van der Waals surface area contributed by atoms with Crippen LogP contribution in [0.4, 0.5) is 16.4 Å². The van der Waals surface area contributed by atoms with Crippen LogP contribution in [0.1, 0.15) is 6.92 Å². The number of hydrogen-bond donors (Lipinski definition) is 1. The Bertz CT molecular complexity index is 802. The number of hydrogen-bond acceptors (Lipinski definition) is 6. The third-order valence-corrected chi connectivity index (χ3v) is 5.31. The lowest BCUT2D eigenvalue weighted by atomic mass is 10.1. The molecule has 2 saturated heterocycles. The summed E-state index contributed by atoms with van der Waals surface area (Å²) in [7, 11) is 1.60. The molecule has 4 rings (SSSR count). The summed E-state index contributed by atoms with van der Waals surface area (Å²) in [6, 6.07) is 11.7. The highest BCUT2D eigenvalue weighted by atomic mass is 16.5. The Balaban J connectivity index is 1.44. The summed E-state index contributed by atoms with van der Waals surface area (Å²) in [6.45, 7) is 5.13. The predicted molar refractivity (Wildman–Crippen MR) is 103 cm³/mol. The molecule has 0 spiro atoms. The molecule has 2 atom stereocenters. The van der Waals surface area contributed by atoms with Crippen molar-refractivity contribution in [2.75, 3.05) is 43.6 Å². The van der Waals surface area contributed by atoms with Gasteiger partial charge in [-0.2, -0.15) is 4.98 Å². The molecule has 1 aromatic carbocycles. The lowest BCUT2D eigenvalue weighted by Gasteiger charge is -2.37. The lowest BCUT2D eigenvalue weighted by molar-refractivity contribution is 0.120. The number of nitrogens with one attached hydrogen (secondary N) is 1. The number of anilines is 2. The molecule has 2 aromatic rings. The standard InChI is InChI=1S/C19H24N6O2/c1-14-16-12-23(19(26)21-15-6-4-3-5-7-15)10-11-24(16)13-25(14)18-20-9-8-17(22-18)27-2/h3-9,14,16H,10-13H2,1-2H3,(H,21,26). The van der Waals surface area contributed by atoms with E-state index in [-0.39, 0.29) is 18.1 Å². The summed E-state index contributed by atoms with van der Waals surface area (Å²) in [5, 5.41) is 2.98. The zero-order chi connectivity index (χ0) is 18.8. The molecule has 3 heterocycles. The van der Waals surface area contributed by atoms with E-state index in [1.54, 1.807) is 19.4 Å². The quantitative estimate of drug-likeness (QED) is 0.892. The van der Waals surface area contributed by atoms with E-state index in [1.807, 2.05) is 35.2 Å². The van der Waals surface area contributed by atoms with Crippen LogP contribution in [0.3, 0.4) is 0 Å². The van der Waals surface area contributed by atoms with Crippen LogP contribution in [0.25, 0.3) is 0 Å². The molecule has 1 N–H and O–H groups in total. The van der Waals surface area contributed by atoms with Crippen LogP contribution >= 0.6 is 0 Å². The molecule has 2 fully saturated rings. The lowest BCUT2D eigenvalue weighted by Crippen LogP contribution is -2.55. The first-order valence-corrected chi connectivity index (χ1v) is 9.14. The number of rotatable bonds is 3. The van der Waals surface area contributed by atoms with E-state index in [1.165, 1.54) is 0 Å². The molecule has 8 heteroatoms. The fourth-order valence-corrected chi connectivity index (χ4v) is 3.75. The van der Waals surface area contributed by atoms with Gasteiger partial charge in [0.25, 0.3) is 0 Å². The highest BCUT2D eigenvalue weighted by molar-refractivity contribution is 5.89. The van der Waals surface area contributed by atoms with E-state index in [0.717, 1.165) is 18.9 Å². The number of nitrogens with zero attached hydrogens (tertiary/aromatic N) is 5. The van der Waals surface area contributed by atoms with Crippen molar-refractivity contribution in [3.8, 4) is 5.88 Å². The van der Waals surface area contributed by atoms with E-state index in [9.17, 15) is 4.79 Å². The number of para-hydroxylation sites is 1. The van der Waals surface area contributed by atoms with Crippen molar-refractivity contribution in [1.82, 2.24) is 19.8 Å². The number of methoxy groups -OCH3 is 1. The SMILES string of the molecule is COc1ccnc(N2CN3CCN(C(=O)Nc4ccccc4)CC3C2C)n1.